The van der Waals surface area contributed by atoms with Crippen molar-refractivity contribution in [3.63, 3.8) is 0 Å². The van der Waals surface area contributed by atoms with Gasteiger partial charge in [0.2, 0.25) is 11.8 Å². The molecule has 2 saturated heterocycles. The number of oxazole rings is 1. The molecule has 32 heavy (non-hydrogen) atoms. The lowest BCUT2D eigenvalue weighted by Crippen LogP contribution is -2.57. The van der Waals surface area contributed by atoms with Crippen molar-refractivity contribution in [1.29, 1.82) is 0 Å². The minimum atomic E-state index is -0.583. The minimum absolute atomic E-state index is 0.0646. The van der Waals surface area contributed by atoms with E-state index < -0.39 is 10.7 Å². The predicted octanol–water partition coefficient (Wildman–Crippen LogP) is 2.28. The largest absolute Gasteiger partial charge is 0.419 e. The maximum atomic E-state index is 12.8. The summed E-state index contributed by atoms with van der Waals surface area (Å²) in [5.41, 5.74) is 0.521. The van der Waals surface area contributed by atoms with E-state index in [9.17, 15) is 24.5 Å². The molecule has 1 aromatic carbocycles. The van der Waals surface area contributed by atoms with Gasteiger partial charge in [-0.2, -0.15) is 0 Å². The van der Waals surface area contributed by atoms with Crippen molar-refractivity contribution in [3.8, 4) is 0 Å². The molecule has 0 unspecified atom stereocenters. The molecule has 2 amide bonds. The second-order valence-electron chi connectivity index (χ2n) is 9.06. The van der Waals surface area contributed by atoms with Crippen molar-refractivity contribution in [1.82, 2.24) is 14.4 Å². The summed E-state index contributed by atoms with van der Waals surface area (Å²) in [6, 6.07) is 4.77. The van der Waals surface area contributed by atoms with E-state index in [0.29, 0.717) is 56.4 Å². The van der Waals surface area contributed by atoms with Crippen LogP contribution in [0.3, 0.4) is 0 Å². The maximum Gasteiger partial charge on any atom is 0.419 e. The lowest BCUT2D eigenvalue weighted by Gasteiger charge is -2.47. The van der Waals surface area contributed by atoms with Gasteiger partial charge >= 0.3 is 5.76 Å². The fourth-order valence-electron chi connectivity index (χ4n) is 5.27. The fraction of sp³-hybridized carbons (Fsp3) is 0.591. The summed E-state index contributed by atoms with van der Waals surface area (Å²) in [6.45, 7) is 1.66. The number of rotatable bonds is 6. The summed E-state index contributed by atoms with van der Waals surface area (Å²) in [5.74, 6) is 0.106. The smallest absolute Gasteiger partial charge is 0.407 e. The standard InChI is InChI=1S/C22H26N4O6/c27-20(23-11-9-17-14(13-23)3-8-21(28)25(17)15-4-5-15)2-1-10-24-18-7-6-16(26(30)31)12-19(18)32-22(24)29/h6-7,12,14-15,17H,1-5,8-11,13H2/t14-,17+/m0/s1. The van der Waals surface area contributed by atoms with Crippen LogP contribution in [-0.4, -0.2) is 56.3 Å². The Morgan fingerprint density at radius 3 is 2.75 bits per heavy atom. The highest BCUT2D eigenvalue weighted by molar-refractivity contribution is 5.79. The molecule has 0 N–H and O–H groups in total. The number of hydrogen-bond donors (Lipinski definition) is 0. The molecular formula is C22H26N4O6. The number of aryl methyl sites for hydroxylation is 1. The van der Waals surface area contributed by atoms with Crippen molar-refractivity contribution in [3.05, 3.63) is 38.9 Å². The second kappa shape index (κ2) is 8.07. The number of carbonyl (C=O) groups is 2. The minimum Gasteiger partial charge on any atom is -0.407 e. The van der Waals surface area contributed by atoms with E-state index in [4.69, 9.17) is 4.42 Å². The molecule has 3 heterocycles. The van der Waals surface area contributed by atoms with E-state index >= 15 is 0 Å². The SMILES string of the molecule is O=C(CCCn1c(=O)oc2cc([N+](=O)[O-])ccc21)N1CC[C@@H]2[C@@H](CCC(=O)N2C2CC2)C1. The summed E-state index contributed by atoms with van der Waals surface area (Å²) in [4.78, 5) is 51.7. The Morgan fingerprint density at radius 1 is 1.19 bits per heavy atom. The quantitative estimate of drug-likeness (QED) is 0.500. The molecule has 3 aliphatic rings. The number of aromatic nitrogens is 1. The summed E-state index contributed by atoms with van der Waals surface area (Å²) >= 11 is 0. The number of piperidine rings is 2. The van der Waals surface area contributed by atoms with Crippen molar-refractivity contribution < 1.29 is 18.9 Å². The van der Waals surface area contributed by atoms with Crippen LogP contribution in [0.5, 0.6) is 0 Å². The van der Waals surface area contributed by atoms with Crippen LogP contribution >= 0.6 is 0 Å². The Morgan fingerprint density at radius 2 is 2.00 bits per heavy atom. The van der Waals surface area contributed by atoms with E-state index in [1.807, 2.05) is 4.90 Å². The van der Waals surface area contributed by atoms with Gasteiger partial charge in [-0.3, -0.25) is 24.3 Å². The molecule has 2 aromatic rings. The molecule has 0 spiro atoms. The number of fused-ring (bicyclic) bond motifs is 2. The van der Waals surface area contributed by atoms with E-state index in [2.05, 4.69) is 4.90 Å². The first-order chi connectivity index (χ1) is 15.4. The molecular weight excluding hydrogens is 416 g/mol. The van der Waals surface area contributed by atoms with Crippen LogP contribution in [0, 0.1) is 16.0 Å². The predicted molar refractivity (Wildman–Crippen MR) is 114 cm³/mol. The van der Waals surface area contributed by atoms with Gasteiger partial charge in [-0.1, -0.05) is 0 Å². The number of nitro groups is 1. The van der Waals surface area contributed by atoms with Crippen LogP contribution in [0.1, 0.15) is 44.9 Å². The van der Waals surface area contributed by atoms with E-state index in [1.54, 1.807) is 0 Å². The molecule has 2 atom stereocenters. The lowest BCUT2D eigenvalue weighted by atomic mass is 9.83. The topological polar surface area (TPSA) is 119 Å². The average molecular weight is 442 g/mol. The Bertz CT molecular complexity index is 1130. The fourth-order valence-corrected chi connectivity index (χ4v) is 5.27. The number of carbonyl (C=O) groups excluding carboxylic acids is 2. The van der Waals surface area contributed by atoms with E-state index in [1.165, 1.54) is 22.8 Å². The van der Waals surface area contributed by atoms with E-state index in [0.717, 1.165) is 25.7 Å². The summed E-state index contributed by atoms with van der Waals surface area (Å²) in [7, 11) is 0. The van der Waals surface area contributed by atoms with Crippen molar-refractivity contribution in [2.45, 2.75) is 63.6 Å². The highest BCUT2D eigenvalue weighted by atomic mass is 16.6. The normalized spacial score (nSPS) is 23.4. The number of likely N-dealkylation sites (tertiary alicyclic amines) is 2. The van der Waals surface area contributed by atoms with Gasteiger partial charge in [-0.05, 0) is 44.1 Å². The summed E-state index contributed by atoms with van der Waals surface area (Å²) in [5, 5.41) is 10.9. The second-order valence-corrected chi connectivity index (χ2v) is 9.06. The molecule has 0 radical (unpaired) electrons. The molecule has 10 heteroatoms. The third-order valence-corrected chi connectivity index (χ3v) is 7.00. The van der Waals surface area contributed by atoms with E-state index in [-0.39, 0.29) is 29.1 Å². The maximum absolute atomic E-state index is 12.8. The lowest BCUT2D eigenvalue weighted by molar-refractivity contribution is -0.384. The first-order valence-corrected chi connectivity index (χ1v) is 11.3. The van der Waals surface area contributed by atoms with Crippen LogP contribution < -0.4 is 5.76 Å². The van der Waals surface area contributed by atoms with Gasteiger partial charge in [0.05, 0.1) is 16.5 Å². The summed E-state index contributed by atoms with van der Waals surface area (Å²) < 4.78 is 6.56. The Hall–Kier alpha value is -3.17. The van der Waals surface area contributed by atoms with Crippen LogP contribution in [0.4, 0.5) is 5.69 Å². The van der Waals surface area contributed by atoms with Gasteiger partial charge in [0.1, 0.15) is 0 Å². The zero-order chi connectivity index (χ0) is 22.4. The van der Waals surface area contributed by atoms with Gasteiger partial charge in [-0.25, -0.2) is 4.79 Å². The Balaban J connectivity index is 1.18. The zero-order valence-corrected chi connectivity index (χ0v) is 17.8. The van der Waals surface area contributed by atoms with Gasteiger partial charge in [0.15, 0.2) is 5.58 Å². The molecule has 3 fully saturated rings. The molecule has 5 rings (SSSR count). The highest BCUT2D eigenvalue weighted by Gasteiger charge is 2.45. The molecule has 10 nitrogen and oxygen atoms in total. The zero-order valence-electron chi connectivity index (χ0n) is 17.8. The number of benzene rings is 1. The number of hydrogen-bond acceptors (Lipinski definition) is 6. The molecule has 1 saturated carbocycles. The molecule has 1 aliphatic carbocycles. The van der Waals surface area contributed by atoms with Crippen LogP contribution in [0.2, 0.25) is 0 Å². The Labute approximate surface area is 183 Å². The van der Waals surface area contributed by atoms with Crippen molar-refractivity contribution in [2.75, 3.05) is 13.1 Å². The first kappa shape index (κ1) is 20.7. The number of nitrogens with zero attached hydrogens (tertiary/aromatic N) is 4. The van der Waals surface area contributed by atoms with Gasteiger partial charge in [0, 0.05) is 50.6 Å². The molecule has 2 aliphatic heterocycles. The number of amides is 2. The third-order valence-electron chi connectivity index (χ3n) is 7.00. The molecule has 1 aromatic heterocycles. The summed E-state index contributed by atoms with van der Waals surface area (Å²) in [6.07, 6.45) is 5.26. The van der Waals surface area contributed by atoms with Crippen LogP contribution in [0.15, 0.2) is 27.4 Å². The van der Waals surface area contributed by atoms with Gasteiger partial charge in [-0.15, -0.1) is 0 Å². The van der Waals surface area contributed by atoms with Crippen LogP contribution in [0.25, 0.3) is 11.1 Å². The monoisotopic (exact) mass is 442 g/mol. The Kier molecular flexibility index (Phi) is 5.22. The number of non-ortho nitro benzene ring substituents is 1. The molecule has 170 valence electrons. The van der Waals surface area contributed by atoms with Gasteiger partial charge < -0.3 is 14.2 Å². The van der Waals surface area contributed by atoms with Crippen molar-refractivity contribution in [2.24, 2.45) is 5.92 Å². The first-order valence-electron chi connectivity index (χ1n) is 11.3. The molecule has 0 bridgehead atoms. The van der Waals surface area contributed by atoms with Crippen molar-refractivity contribution >= 4 is 28.6 Å². The average Bonchev–Trinajstić information content (AvgIpc) is 3.56. The van der Waals surface area contributed by atoms with Gasteiger partial charge in [0.25, 0.3) is 5.69 Å². The van der Waals surface area contributed by atoms with Crippen LogP contribution in [-0.2, 0) is 16.1 Å². The number of nitro benzene ring substituents is 1. The highest BCUT2D eigenvalue weighted by Crippen LogP contribution is 2.39. The third kappa shape index (κ3) is 3.78.